The molecule has 0 saturated carbocycles. The molecule has 0 amide bonds. The molecule has 26 heavy (non-hydrogen) atoms. The highest BCUT2D eigenvalue weighted by Gasteiger charge is 2.30. The van der Waals surface area contributed by atoms with E-state index in [0.717, 1.165) is 29.4 Å². The monoisotopic (exact) mass is 372 g/mol. The topological polar surface area (TPSA) is 32.9 Å². The smallest absolute Gasteiger partial charge is 0.174 e. The third-order valence-corrected chi connectivity index (χ3v) is 5.63. The van der Waals surface area contributed by atoms with Crippen LogP contribution in [0, 0.1) is 6.92 Å². The van der Waals surface area contributed by atoms with E-state index in [1.165, 1.54) is 18.7 Å². The minimum atomic E-state index is 0.451. The maximum atomic E-state index is 5.80. The van der Waals surface area contributed by atoms with E-state index < -0.39 is 0 Å². The minimum Gasteiger partial charge on any atom is -0.467 e. The Balaban J connectivity index is 1.71. The van der Waals surface area contributed by atoms with Gasteiger partial charge in [-0.05, 0) is 62.8 Å². The highest BCUT2D eigenvalue weighted by molar-refractivity contribution is 7.80. The van der Waals surface area contributed by atoms with Crippen molar-refractivity contribution >= 4 is 23.0 Å². The van der Waals surface area contributed by atoms with Gasteiger partial charge in [0.2, 0.25) is 0 Å². The molecule has 1 aromatic heterocycles. The Hall–Kier alpha value is -1.85. The quantitative estimate of drug-likeness (QED) is 0.790. The Bertz CT molecular complexity index is 706. The number of nitrogens with zero attached hydrogens (tertiary/aromatic N) is 1. The van der Waals surface area contributed by atoms with E-state index in [0.29, 0.717) is 18.6 Å². The van der Waals surface area contributed by atoms with Crippen LogP contribution in [0.3, 0.4) is 0 Å². The Labute approximate surface area is 162 Å². The van der Waals surface area contributed by atoms with Gasteiger partial charge in [0.1, 0.15) is 5.76 Å². The van der Waals surface area contributed by atoms with Crippen LogP contribution in [-0.2, 0) is 6.54 Å². The predicted molar refractivity (Wildman–Crippen MR) is 111 cm³/mol. The maximum Gasteiger partial charge on any atom is 0.174 e. The molecule has 0 atom stereocenters. The zero-order valence-electron chi connectivity index (χ0n) is 16.0. The molecule has 1 aromatic carbocycles. The molecule has 1 aliphatic heterocycles. The molecule has 3 rings (SSSR count). The molecule has 0 bridgehead atoms. The molecule has 1 saturated heterocycles. The van der Waals surface area contributed by atoms with Crippen molar-refractivity contribution in [3.05, 3.63) is 54.0 Å². The largest absolute Gasteiger partial charge is 0.467 e. The van der Waals surface area contributed by atoms with Gasteiger partial charge in [0.15, 0.2) is 5.11 Å². The number of piperidine rings is 1. The van der Waals surface area contributed by atoms with Crippen LogP contribution < -0.4 is 10.2 Å². The number of likely N-dealkylation sites (tertiary alicyclic amines) is 1. The number of thiocarbonyl (C=S) groups is 1. The number of benzene rings is 1. The van der Waals surface area contributed by atoms with Crippen molar-refractivity contribution < 1.29 is 9.32 Å². The second-order valence-electron chi connectivity index (χ2n) is 7.55. The molecule has 4 nitrogen and oxygen atoms in total. The number of rotatable bonds is 5. The number of furan rings is 1. The van der Waals surface area contributed by atoms with Crippen molar-refractivity contribution in [2.24, 2.45) is 0 Å². The number of anilines is 1. The standard InChI is InChI=1S/C21H29N3OS/c1-16(2)23-11-9-19(10-12-23)24(15-20-8-5-13-25-20)21(26)22-18-7-4-6-17(3)14-18/h4-8,13-14,16,19H,9-12,15H2,1-3H3,(H,22,26)/p+1. The van der Waals surface area contributed by atoms with Gasteiger partial charge in [-0.15, -0.1) is 0 Å². The van der Waals surface area contributed by atoms with Crippen molar-refractivity contribution in [2.75, 3.05) is 18.4 Å². The lowest BCUT2D eigenvalue weighted by Gasteiger charge is -2.39. The van der Waals surface area contributed by atoms with Crippen LogP contribution >= 0.6 is 12.2 Å². The van der Waals surface area contributed by atoms with Gasteiger partial charge in [0.25, 0.3) is 0 Å². The van der Waals surface area contributed by atoms with Gasteiger partial charge >= 0.3 is 0 Å². The average Bonchev–Trinajstić information content (AvgIpc) is 3.13. The molecule has 0 unspecified atom stereocenters. The first kappa shape index (κ1) is 18.9. The molecule has 2 heterocycles. The number of aryl methyl sites for hydroxylation is 1. The summed E-state index contributed by atoms with van der Waals surface area (Å²) in [5.41, 5.74) is 2.27. The molecule has 0 aliphatic carbocycles. The third kappa shape index (κ3) is 4.86. The number of quaternary nitrogens is 1. The molecule has 0 spiro atoms. The van der Waals surface area contributed by atoms with Crippen molar-refractivity contribution in [3.8, 4) is 0 Å². The van der Waals surface area contributed by atoms with Crippen molar-refractivity contribution in [1.82, 2.24) is 4.90 Å². The van der Waals surface area contributed by atoms with E-state index in [1.54, 1.807) is 11.2 Å². The highest BCUT2D eigenvalue weighted by atomic mass is 32.1. The zero-order chi connectivity index (χ0) is 18.5. The van der Waals surface area contributed by atoms with E-state index >= 15 is 0 Å². The van der Waals surface area contributed by atoms with Crippen molar-refractivity contribution in [2.45, 2.75) is 52.2 Å². The Kier molecular flexibility index (Phi) is 6.33. The number of hydrogen-bond acceptors (Lipinski definition) is 2. The van der Waals surface area contributed by atoms with Gasteiger partial charge in [-0.2, -0.15) is 0 Å². The first-order chi connectivity index (χ1) is 12.5. The normalized spacial score (nSPS) is 20.2. The average molecular weight is 373 g/mol. The Morgan fingerprint density at radius 2 is 2.04 bits per heavy atom. The molecule has 0 radical (unpaired) electrons. The fraction of sp³-hybridized carbons (Fsp3) is 0.476. The molecule has 1 aliphatic rings. The fourth-order valence-electron chi connectivity index (χ4n) is 3.72. The van der Waals surface area contributed by atoms with Crippen LogP contribution in [0.5, 0.6) is 0 Å². The van der Waals surface area contributed by atoms with E-state index in [9.17, 15) is 0 Å². The van der Waals surface area contributed by atoms with E-state index in [-0.39, 0.29) is 0 Å². The molecule has 5 heteroatoms. The van der Waals surface area contributed by atoms with Gasteiger partial charge in [-0.25, -0.2) is 0 Å². The first-order valence-electron chi connectivity index (χ1n) is 9.54. The van der Waals surface area contributed by atoms with Gasteiger partial charge in [-0.1, -0.05) is 12.1 Å². The van der Waals surface area contributed by atoms with Crippen LogP contribution in [0.1, 0.15) is 38.0 Å². The fourth-order valence-corrected chi connectivity index (χ4v) is 4.05. The molecule has 140 valence electrons. The lowest BCUT2D eigenvalue weighted by molar-refractivity contribution is -0.926. The summed E-state index contributed by atoms with van der Waals surface area (Å²) in [5.74, 6) is 0.956. The first-order valence-corrected chi connectivity index (χ1v) is 9.95. The lowest BCUT2D eigenvalue weighted by Crippen LogP contribution is -3.16. The summed E-state index contributed by atoms with van der Waals surface area (Å²) < 4.78 is 5.60. The van der Waals surface area contributed by atoms with E-state index in [2.05, 4.69) is 55.3 Å². The summed E-state index contributed by atoms with van der Waals surface area (Å²) in [4.78, 5) is 4.00. The van der Waals surface area contributed by atoms with Crippen molar-refractivity contribution in [1.29, 1.82) is 0 Å². The molecule has 1 fully saturated rings. The molecule has 2 N–H and O–H groups in total. The Morgan fingerprint density at radius 1 is 1.27 bits per heavy atom. The van der Waals surface area contributed by atoms with E-state index in [4.69, 9.17) is 16.6 Å². The van der Waals surface area contributed by atoms with Crippen LogP contribution in [0.15, 0.2) is 47.1 Å². The highest BCUT2D eigenvalue weighted by Crippen LogP contribution is 2.18. The SMILES string of the molecule is Cc1cccc(NC(=S)N(Cc2ccco2)C2CC[NH+](C(C)C)CC2)c1. The summed E-state index contributed by atoms with van der Waals surface area (Å²) in [6.07, 6.45) is 4.05. The summed E-state index contributed by atoms with van der Waals surface area (Å²) in [7, 11) is 0. The van der Waals surface area contributed by atoms with Crippen molar-refractivity contribution in [3.63, 3.8) is 0 Å². The zero-order valence-corrected chi connectivity index (χ0v) is 16.8. The van der Waals surface area contributed by atoms with Crippen LogP contribution in [0.25, 0.3) is 0 Å². The summed E-state index contributed by atoms with van der Waals surface area (Å²) in [6.45, 7) is 9.82. The number of hydrogen-bond donors (Lipinski definition) is 2. The minimum absolute atomic E-state index is 0.451. The summed E-state index contributed by atoms with van der Waals surface area (Å²) in [5, 5.41) is 4.22. The second kappa shape index (κ2) is 8.69. The molecule has 2 aromatic rings. The van der Waals surface area contributed by atoms with Gasteiger partial charge in [-0.3, -0.25) is 0 Å². The van der Waals surface area contributed by atoms with Gasteiger partial charge in [0.05, 0.1) is 31.9 Å². The lowest BCUT2D eigenvalue weighted by atomic mass is 10.0. The van der Waals surface area contributed by atoms with Gasteiger partial charge < -0.3 is 19.5 Å². The molecular weight excluding hydrogens is 342 g/mol. The summed E-state index contributed by atoms with van der Waals surface area (Å²) >= 11 is 5.80. The van der Waals surface area contributed by atoms with Crippen LogP contribution in [0.4, 0.5) is 5.69 Å². The van der Waals surface area contributed by atoms with Crippen LogP contribution in [0.2, 0.25) is 0 Å². The predicted octanol–water partition coefficient (Wildman–Crippen LogP) is 3.24. The maximum absolute atomic E-state index is 5.80. The van der Waals surface area contributed by atoms with Crippen LogP contribution in [-0.4, -0.2) is 35.2 Å². The third-order valence-electron chi connectivity index (χ3n) is 5.29. The second-order valence-corrected chi connectivity index (χ2v) is 7.94. The number of nitrogens with one attached hydrogen (secondary N) is 2. The summed E-state index contributed by atoms with van der Waals surface area (Å²) in [6, 6.07) is 13.5. The van der Waals surface area contributed by atoms with E-state index in [1.807, 2.05) is 12.1 Å². The Morgan fingerprint density at radius 3 is 2.65 bits per heavy atom. The molecular formula is C21H30N3OS+. The van der Waals surface area contributed by atoms with Gasteiger partial charge in [0, 0.05) is 24.6 Å².